The van der Waals surface area contributed by atoms with Gasteiger partial charge >= 0.3 is 12.1 Å². The molecule has 0 bridgehead atoms. The van der Waals surface area contributed by atoms with Crippen molar-refractivity contribution in [1.29, 1.82) is 0 Å². The Morgan fingerprint density at radius 1 is 1.06 bits per heavy atom. The van der Waals surface area contributed by atoms with Crippen LogP contribution in [0, 0.1) is 0 Å². The van der Waals surface area contributed by atoms with Crippen LogP contribution in [0.15, 0.2) is 60.8 Å². The van der Waals surface area contributed by atoms with Crippen LogP contribution in [0.4, 0.5) is 19.0 Å². The highest BCUT2D eigenvalue weighted by Crippen LogP contribution is 2.37. The summed E-state index contributed by atoms with van der Waals surface area (Å²) in [4.78, 5) is 25.0. The van der Waals surface area contributed by atoms with Gasteiger partial charge < -0.3 is 10.4 Å². The zero-order valence-corrected chi connectivity index (χ0v) is 18.7. The smallest absolute Gasteiger partial charge is 0.417 e. The Kier molecular flexibility index (Phi) is 6.16. The fraction of sp³-hybridized carbons (Fsp3) is 0.167. The summed E-state index contributed by atoms with van der Waals surface area (Å²) in [5.41, 5.74) is -0.607. The van der Waals surface area contributed by atoms with Crippen molar-refractivity contribution in [2.45, 2.75) is 19.5 Å². The Bertz CT molecular complexity index is 1410. The van der Waals surface area contributed by atoms with E-state index >= 15 is 0 Å². The maximum absolute atomic E-state index is 13.6. The molecule has 0 fully saturated rings. The molecule has 1 amide bonds. The first-order chi connectivity index (χ1) is 16.6. The topological polar surface area (TPSA) is 102 Å². The van der Waals surface area contributed by atoms with Gasteiger partial charge in [0.2, 0.25) is 0 Å². The first kappa shape index (κ1) is 23.7. The second kappa shape index (κ2) is 9.09. The summed E-state index contributed by atoms with van der Waals surface area (Å²) in [7, 11) is 1.57. The number of carboxylic acids is 1. The summed E-state index contributed by atoms with van der Waals surface area (Å²) >= 11 is 0. The molecule has 180 valence electrons. The molecule has 0 spiro atoms. The largest absolute Gasteiger partial charge is 0.476 e. The van der Waals surface area contributed by atoms with Crippen LogP contribution in [0.3, 0.4) is 0 Å². The summed E-state index contributed by atoms with van der Waals surface area (Å²) in [6, 6.07) is 13.0. The van der Waals surface area contributed by atoms with Crippen LogP contribution in [0.5, 0.6) is 0 Å². The number of nitrogens with zero attached hydrogens (tertiary/aromatic N) is 4. The molecule has 0 aliphatic carbocycles. The highest BCUT2D eigenvalue weighted by molar-refractivity contribution is 6.06. The number of hydrogen-bond acceptors (Lipinski definition) is 4. The van der Waals surface area contributed by atoms with Crippen LogP contribution in [-0.4, -0.2) is 36.5 Å². The molecule has 0 aliphatic heterocycles. The number of aromatic nitrogens is 4. The van der Waals surface area contributed by atoms with E-state index < -0.39 is 23.6 Å². The van der Waals surface area contributed by atoms with Crippen molar-refractivity contribution in [2.24, 2.45) is 7.05 Å². The molecule has 2 aromatic heterocycles. The average molecular weight is 483 g/mol. The van der Waals surface area contributed by atoms with Crippen LogP contribution in [0.2, 0.25) is 0 Å². The highest BCUT2D eigenvalue weighted by Gasteiger charge is 2.35. The number of aryl methyl sites for hydroxylation is 1. The molecule has 0 saturated carbocycles. The third-order valence-corrected chi connectivity index (χ3v) is 5.35. The molecular weight excluding hydrogens is 463 g/mol. The van der Waals surface area contributed by atoms with Crippen molar-refractivity contribution in [3.8, 4) is 16.9 Å². The van der Waals surface area contributed by atoms with Crippen LogP contribution in [0.1, 0.15) is 38.9 Å². The Morgan fingerprint density at radius 2 is 1.77 bits per heavy atom. The lowest BCUT2D eigenvalue weighted by Gasteiger charge is -2.14. The fourth-order valence-electron chi connectivity index (χ4n) is 3.72. The van der Waals surface area contributed by atoms with Gasteiger partial charge in [0.15, 0.2) is 5.69 Å². The number of carbonyl (C=O) groups is 2. The molecule has 0 atom stereocenters. The first-order valence-electron chi connectivity index (χ1n) is 10.5. The number of carbonyl (C=O) groups excluding carboxylic acids is 1. The van der Waals surface area contributed by atoms with E-state index in [1.54, 1.807) is 44.3 Å². The van der Waals surface area contributed by atoms with E-state index in [0.717, 1.165) is 18.2 Å². The quantitative estimate of drug-likeness (QED) is 0.410. The zero-order valence-electron chi connectivity index (χ0n) is 18.7. The average Bonchev–Trinajstić information content (AvgIpc) is 3.42. The van der Waals surface area contributed by atoms with Gasteiger partial charge in [-0.15, -0.1) is 0 Å². The number of hydrogen-bond donors (Lipinski definition) is 2. The van der Waals surface area contributed by atoms with Crippen molar-refractivity contribution in [1.82, 2.24) is 19.6 Å². The second-order valence-electron chi connectivity index (χ2n) is 7.67. The first-order valence-corrected chi connectivity index (χ1v) is 10.5. The lowest BCUT2D eigenvalue weighted by molar-refractivity contribution is -0.137. The van der Waals surface area contributed by atoms with E-state index in [9.17, 15) is 27.9 Å². The Labute approximate surface area is 197 Å². The van der Waals surface area contributed by atoms with Crippen LogP contribution in [0.25, 0.3) is 16.9 Å². The summed E-state index contributed by atoms with van der Waals surface area (Å²) in [5.74, 6) is -1.86. The highest BCUT2D eigenvalue weighted by atomic mass is 19.4. The number of benzene rings is 2. The molecule has 0 aliphatic rings. The SMILES string of the molecule is CCc1c(C(=O)O)nn(-c2ccccc2)c1NC(=O)c1ccc(C(F)(F)F)c(-c2ccn(C)n2)c1. The monoisotopic (exact) mass is 483 g/mol. The maximum atomic E-state index is 13.6. The number of nitrogens with one attached hydrogen (secondary N) is 1. The molecule has 0 radical (unpaired) electrons. The molecule has 11 heteroatoms. The number of rotatable bonds is 6. The number of aromatic carboxylic acids is 1. The van der Waals surface area contributed by atoms with Gasteiger partial charge in [0.1, 0.15) is 5.82 Å². The summed E-state index contributed by atoms with van der Waals surface area (Å²) < 4.78 is 43.6. The van der Waals surface area contributed by atoms with E-state index in [4.69, 9.17) is 0 Å². The summed E-state index contributed by atoms with van der Waals surface area (Å²) in [6.45, 7) is 1.71. The van der Waals surface area contributed by atoms with Gasteiger partial charge in [0.05, 0.1) is 16.9 Å². The lowest BCUT2D eigenvalue weighted by Crippen LogP contribution is -2.17. The second-order valence-corrected chi connectivity index (χ2v) is 7.67. The number of alkyl halides is 3. The minimum Gasteiger partial charge on any atom is -0.476 e. The molecule has 2 heterocycles. The van der Waals surface area contributed by atoms with E-state index in [-0.39, 0.29) is 40.3 Å². The third kappa shape index (κ3) is 4.65. The molecule has 35 heavy (non-hydrogen) atoms. The predicted molar refractivity (Wildman–Crippen MR) is 122 cm³/mol. The van der Waals surface area contributed by atoms with Crippen molar-refractivity contribution in [3.63, 3.8) is 0 Å². The normalized spacial score (nSPS) is 11.5. The van der Waals surface area contributed by atoms with Gasteiger partial charge in [-0.25, -0.2) is 9.48 Å². The van der Waals surface area contributed by atoms with Crippen molar-refractivity contribution < 1.29 is 27.9 Å². The van der Waals surface area contributed by atoms with E-state index in [2.05, 4.69) is 15.5 Å². The minimum absolute atomic E-state index is 0.0570. The Morgan fingerprint density at radius 3 is 2.34 bits per heavy atom. The summed E-state index contributed by atoms with van der Waals surface area (Å²) in [5, 5.41) is 20.5. The van der Waals surface area contributed by atoms with Crippen LogP contribution < -0.4 is 5.32 Å². The number of amides is 1. The van der Waals surface area contributed by atoms with Crippen molar-refractivity contribution >= 4 is 17.7 Å². The lowest BCUT2D eigenvalue weighted by atomic mass is 10.0. The predicted octanol–water partition coefficient (Wildman–Crippen LogP) is 4.80. The van der Waals surface area contributed by atoms with Crippen LogP contribution in [-0.2, 0) is 19.6 Å². The summed E-state index contributed by atoms with van der Waals surface area (Å²) in [6.07, 6.45) is -2.91. The third-order valence-electron chi connectivity index (χ3n) is 5.35. The van der Waals surface area contributed by atoms with Gasteiger partial charge in [0, 0.05) is 29.9 Å². The van der Waals surface area contributed by atoms with E-state index in [1.165, 1.54) is 21.6 Å². The molecule has 4 rings (SSSR count). The van der Waals surface area contributed by atoms with Gasteiger partial charge in [-0.1, -0.05) is 25.1 Å². The standard InChI is InChI=1S/C24H20F3N5O3/c1-3-16-20(23(34)35)30-32(15-7-5-4-6-8-15)21(16)28-22(33)14-9-10-18(24(25,26)27)17(13-14)19-11-12-31(2)29-19/h4-13H,3H2,1-2H3,(H,28,33)(H,34,35). The zero-order chi connectivity index (χ0) is 25.3. The van der Waals surface area contributed by atoms with Gasteiger partial charge in [-0.2, -0.15) is 23.4 Å². The molecule has 2 N–H and O–H groups in total. The molecular formula is C24H20F3N5O3. The maximum Gasteiger partial charge on any atom is 0.417 e. The number of anilines is 1. The van der Waals surface area contributed by atoms with Crippen molar-refractivity contribution in [2.75, 3.05) is 5.32 Å². The molecule has 2 aromatic carbocycles. The molecule has 0 saturated heterocycles. The van der Waals surface area contributed by atoms with E-state index in [1.807, 2.05) is 0 Å². The van der Waals surface area contributed by atoms with Gasteiger partial charge in [-0.05, 0) is 42.8 Å². The van der Waals surface area contributed by atoms with E-state index in [0.29, 0.717) is 5.69 Å². The fourth-order valence-corrected chi connectivity index (χ4v) is 3.72. The molecule has 0 unspecified atom stereocenters. The number of carboxylic acid groups (broad SMARTS) is 1. The Hall–Kier alpha value is -4.41. The van der Waals surface area contributed by atoms with Gasteiger partial charge in [-0.3, -0.25) is 9.48 Å². The van der Waals surface area contributed by atoms with Gasteiger partial charge in [0.25, 0.3) is 5.91 Å². The number of para-hydroxylation sites is 1. The van der Waals surface area contributed by atoms with Crippen molar-refractivity contribution in [3.05, 3.63) is 83.2 Å². The van der Waals surface area contributed by atoms with Crippen LogP contribution >= 0.6 is 0 Å². The minimum atomic E-state index is -4.65. The molecule has 8 nitrogen and oxygen atoms in total. The number of halogens is 3. The Balaban J connectivity index is 1.80. The molecule has 4 aromatic rings.